The van der Waals surface area contributed by atoms with Crippen LogP contribution in [-0.2, 0) is 0 Å². The van der Waals surface area contributed by atoms with Crippen LogP contribution in [0.1, 0.15) is 89.5 Å². The lowest BCUT2D eigenvalue weighted by molar-refractivity contribution is 1.18. The van der Waals surface area contributed by atoms with Gasteiger partial charge in [-0.05, 0) is 126 Å². The van der Waals surface area contributed by atoms with Crippen LogP contribution in [0.3, 0.4) is 0 Å². The summed E-state index contributed by atoms with van der Waals surface area (Å²) >= 11 is 0. The summed E-state index contributed by atoms with van der Waals surface area (Å²) in [6.45, 7) is 17.4. The molecule has 1 aliphatic heterocycles. The third kappa shape index (κ3) is 6.51. The maximum absolute atomic E-state index is 3.95. The fraction of sp³-hybridized carbons (Fsp3) is 0.154. The van der Waals surface area contributed by atoms with Gasteiger partial charge in [0.05, 0.1) is 0 Å². The highest BCUT2D eigenvalue weighted by molar-refractivity contribution is 5.85. The normalized spacial score (nSPS) is 16.7. The number of aromatic amines is 4. The van der Waals surface area contributed by atoms with E-state index in [0.717, 1.165) is 66.5 Å². The first-order chi connectivity index (χ1) is 26.9. The van der Waals surface area contributed by atoms with Crippen LogP contribution in [0, 0.1) is 55.4 Å². The number of rotatable bonds is 4. The first kappa shape index (κ1) is 35.2. The Morgan fingerprint density at radius 3 is 0.625 bits per heavy atom. The molecule has 0 saturated carbocycles. The molecule has 4 aromatic heterocycles. The van der Waals surface area contributed by atoms with Crippen molar-refractivity contribution in [2.45, 2.75) is 55.4 Å². The number of nitrogens with one attached hydrogen (secondary N) is 4. The van der Waals surface area contributed by atoms with Gasteiger partial charge in [0, 0.05) is 66.5 Å². The molecule has 0 unspecified atom stereocenters. The number of H-pyrrole nitrogens is 4. The van der Waals surface area contributed by atoms with Gasteiger partial charge in [0.25, 0.3) is 0 Å². The van der Waals surface area contributed by atoms with Crippen molar-refractivity contribution in [3.05, 3.63) is 232 Å². The Balaban J connectivity index is 1.46. The minimum atomic E-state index is 1.05. The summed E-state index contributed by atoms with van der Waals surface area (Å²) in [5.41, 5.74) is 23.3. The molecule has 8 bridgehead atoms. The van der Waals surface area contributed by atoms with Gasteiger partial charge in [0.15, 0.2) is 0 Å². The van der Waals surface area contributed by atoms with E-state index in [-0.39, 0.29) is 0 Å². The fourth-order valence-electron chi connectivity index (χ4n) is 9.05. The zero-order valence-corrected chi connectivity index (χ0v) is 33.5. The quantitative estimate of drug-likeness (QED) is 0.140. The Morgan fingerprint density at radius 2 is 0.429 bits per heavy atom. The summed E-state index contributed by atoms with van der Waals surface area (Å²) in [7, 11) is 0. The van der Waals surface area contributed by atoms with E-state index in [0.29, 0.717) is 0 Å². The molecule has 0 amide bonds. The van der Waals surface area contributed by atoms with Crippen LogP contribution < -0.4 is 21.4 Å². The topological polar surface area (TPSA) is 63.2 Å². The molecule has 0 spiro atoms. The second kappa shape index (κ2) is 13.6. The Morgan fingerprint density at radius 1 is 0.232 bits per heavy atom. The second-order valence-electron chi connectivity index (χ2n) is 16.1. The molecule has 4 nitrogen and oxygen atoms in total. The van der Waals surface area contributed by atoms with Crippen LogP contribution in [0.15, 0.2) is 121 Å². The Kier molecular flexibility index (Phi) is 8.58. The van der Waals surface area contributed by atoms with Crippen LogP contribution in [-0.4, -0.2) is 19.9 Å². The number of benzene rings is 4. The van der Waals surface area contributed by atoms with E-state index in [9.17, 15) is 0 Å². The van der Waals surface area contributed by atoms with Crippen molar-refractivity contribution in [3.63, 3.8) is 0 Å². The summed E-state index contributed by atoms with van der Waals surface area (Å²) in [6, 6.07) is 45.3. The van der Waals surface area contributed by atoms with Crippen molar-refractivity contribution in [2.75, 3.05) is 0 Å². The van der Waals surface area contributed by atoms with Crippen molar-refractivity contribution >= 4 is 22.3 Å². The van der Waals surface area contributed by atoms with Gasteiger partial charge in [-0.15, -0.1) is 0 Å². The third-order valence-electron chi connectivity index (χ3n) is 10.9. The van der Waals surface area contributed by atoms with Gasteiger partial charge >= 0.3 is 0 Å². The largest absolute Gasteiger partial charge is 0.354 e. The number of hydrogen-bond donors (Lipinski definition) is 4. The average molecular weight is 729 g/mol. The molecule has 0 radical (unpaired) electrons. The van der Waals surface area contributed by atoms with E-state index in [1.165, 1.54) is 66.8 Å². The van der Waals surface area contributed by atoms with Gasteiger partial charge in [-0.25, -0.2) is 0 Å². The summed E-state index contributed by atoms with van der Waals surface area (Å²) in [5.74, 6) is 0. The molecule has 0 fully saturated rings. The molecule has 276 valence electrons. The highest BCUT2D eigenvalue weighted by Crippen LogP contribution is 2.30. The third-order valence-corrected chi connectivity index (χ3v) is 10.9. The molecule has 8 aromatic rings. The maximum atomic E-state index is 3.95. The number of aryl methyl sites for hydroxylation is 8. The van der Waals surface area contributed by atoms with Gasteiger partial charge in [0.2, 0.25) is 0 Å². The molecule has 0 saturated heterocycles. The number of fused-ring (bicyclic) bond motifs is 8. The van der Waals surface area contributed by atoms with Crippen LogP contribution >= 0.6 is 0 Å². The van der Waals surface area contributed by atoms with E-state index in [1.807, 2.05) is 0 Å². The Hall–Kier alpha value is -6.52. The van der Waals surface area contributed by atoms with Crippen LogP contribution in [0.4, 0.5) is 0 Å². The lowest BCUT2D eigenvalue weighted by Gasteiger charge is -2.12. The first-order valence-corrected chi connectivity index (χ1v) is 19.6. The molecule has 56 heavy (non-hydrogen) atoms. The van der Waals surface area contributed by atoms with Gasteiger partial charge in [0.1, 0.15) is 0 Å². The van der Waals surface area contributed by atoms with E-state index in [1.54, 1.807) is 0 Å². The first-order valence-electron chi connectivity index (χ1n) is 19.6. The Bertz CT molecular complexity index is 2620. The van der Waals surface area contributed by atoms with Gasteiger partial charge in [-0.3, -0.25) is 0 Å². The molecule has 4 aromatic carbocycles. The minimum Gasteiger partial charge on any atom is -0.354 e. The van der Waals surface area contributed by atoms with Crippen LogP contribution in [0.5, 0.6) is 0 Å². The summed E-state index contributed by atoms with van der Waals surface area (Å²) in [5, 5.41) is 4.21. The summed E-state index contributed by atoms with van der Waals surface area (Å²) in [4.78, 5) is 15.8. The summed E-state index contributed by atoms with van der Waals surface area (Å²) < 4.78 is 0. The number of aromatic nitrogens is 4. The van der Waals surface area contributed by atoms with E-state index < -0.39 is 0 Å². The lowest BCUT2D eigenvalue weighted by atomic mass is 9.98. The fourth-order valence-corrected chi connectivity index (χ4v) is 9.05. The van der Waals surface area contributed by atoms with Crippen molar-refractivity contribution in [1.82, 2.24) is 19.9 Å². The highest BCUT2D eigenvalue weighted by Gasteiger charge is 2.19. The molecular formula is C52H48N4. The van der Waals surface area contributed by atoms with Crippen LogP contribution in [0.25, 0.3) is 22.3 Å². The molecule has 4 N–H and O–H groups in total. The zero-order valence-electron chi connectivity index (χ0n) is 33.5. The van der Waals surface area contributed by atoms with Crippen molar-refractivity contribution in [1.29, 1.82) is 0 Å². The molecule has 5 heterocycles. The summed E-state index contributed by atoms with van der Waals surface area (Å²) in [6.07, 6.45) is 0. The molecule has 1 aliphatic rings. The van der Waals surface area contributed by atoms with Gasteiger partial charge < -0.3 is 19.9 Å². The van der Waals surface area contributed by atoms with Crippen LogP contribution in [0.2, 0.25) is 0 Å². The molecule has 4 heteroatoms. The monoisotopic (exact) mass is 728 g/mol. The number of hydrogen-bond acceptors (Lipinski definition) is 0. The van der Waals surface area contributed by atoms with Crippen molar-refractivity contribution < 1.29 is 0 Å². The Labute approximate surface area is 328 Å². The van der Waals surface area contributed by atoms with Crippen molar-refractivity contribution in [2.24, 2.45) is 0 Å². The molecule has 0 atom stereocenters. The average Bonchev–Trinajstić information content (AvgIpc) is 3.94. The van der Waals surface area contributed by atoms with Gasteiger partial charge in [-0.1, -0.05) is 117 Å². The second-order valence-corrected chi connectivity index (χ2v) is 16.1. The highest BCUT2D eigenvalue weighted by atomic mass is 14.8. The van der Waals surface area contributed by atoms with E-state index in [2.05, 4.69) is 197 Å². The standard InChI is InChI=1S/C52H48N4/c1-29-17-30(2)22-37(21-29)49-41-9-11-43(53-41)50(38-23-31(3)18-32(4)24-38)45-13-15-47(55-45)52(40-27-35(7)20-36(8)28-40)48-16-14-46(56-48)51(44-12-10-42(49)54-44)39-25-33(5)19-34(6)26-39/h9-28,53-56H,1-8H3/b49-41-,49-42?,50-43-,50-45?,51-44?,51-46-,52-47?,52-48-. The molecule has 0 aliphatic carbocycles. The molecule has 9 rings (SSSR count). The van der Waals surface area contributed by atoms with E-state index >= 15 is 0 Å². The zero-order chi connectivity index (χ0) is 38.8. The molecular weight excluding hydrogens is 681 g/mol. The lowest BCUT2D eigenvalue weighted by Crippen LogP contribution is -2.19. The predicted molar refractivity (Wildman–Crippen MR) is 232 cm³/mol. The minimum absolute atomic E-state index is 1.05. The van der Waals surface area contributed by atoms with E-state index in [4.69, 9.17) is 0 Å². The maximum Gasteiger partial charge on any atom is 0.0485 e. The predicted octanol–water partition coefficient (Wildman–Crippen LogP) is 8.77. The van der Waals surface area contributed by atoms with Crippen molar-refractivity contribution in [3.8, 4) is 0 Å². The SMILES string of the molecule is Cc1cc(C)cc(/C2=c3\cc/c([nH]3)=C(\c3cc(C)cc(C)c3)c3ccc([nH]3)/C(c3cc(C)cc(C)c3)=c3/cc/c([nH]3)=C(\c3cc(C)cc(C)c3)c3ccc2[nH]3)c1. The smallest absolute Gasteiger partial charge is 0.0485 e. The van der Waals surface area contributed by atoms with Gasteiger partial charge in [-0.2, -0.15) is 0 Å².